The number of rotatable bonds is 5. The maximum atomic E-state index is 14.1. The SMILES string of the molecule is CC1=N[N+](C)=C(F)C1C(=O)Nc1ccccc1C(C)CC(C)C. The molecule has 1 aromatic rings. The average molecular weight is 318 g/mol. The summed E-state index contributed by atoms with van der Waals surface area (Å²) in [6, 6.07) is 7.73. The molecule has 0 aromatic heterocycles. The molecule has 1 aliphatic rings. The Balaban J connectivity index is 2.21. The Kier molecular flexibility index (Phi) is 5.29. The molecular formula is C18H25FN3O+. The number of para-hydroxylation sites is 1. The number of hydrogen-bond donors (Lipinski definition) is 1. The third kappa shape index (κ3) is 3.84. The van der Waals surface area contributed by atoms with E-state index in [0.29, 0.717) is 17.5 Å². The fourth-order valence-electron chi connectivity index (χ4n) is 3.08. The minimum Gasteiger partial charge on any atom is -0.325 e. The van der Waals surface area contributed by atoms with Crippen LogP contribution in [-0.2, 0) is 4.79 Å². The van der Waals surface area contributed by atoms with Crippen LogP contribution in [0.5, 0.6) is 0 Å². The van der Waals surface area contributed by atoms with Crippen LogP contribution in [0.2, 0.25) is 0 Å². The largest absolute Gasteiger partial charge is 0.377 e. The van der Waals surface area contributed by atoms with E-state index in [4.69, 9.17) is 0 Å². The number of benzene rings is 1. The predicted octanol–water partition coefficient (Wildman–Crippen LogP) is 3.79. The van der Waals surface area contributed by atoms with E-state index in [-0.39, 0.29) is 5.91 Å². The molecule has 2 rings (SSSR count). The van der Waals surface area contributed by atoms with Crippen molar-refractivity contribution < 1.29 is 13.9 Å². The van der Waals surface area contributed by atoms with Crippen LogP contribution in [0, 0.1) is 11.8 Å². The average Bonchev–Trinajstić information content (AvgIpc) is 2.71. The molecule has 0 radical (unpaired) electrons. The van der Waals surface area contributed by atoms with E-state index >= 15 is 0 Å². The van der Waals surface area contributed by atoms with E-state index in [9.17, 15) is 9.18 Å². The summed E-state index contributed by atoms with van der Waals surface area (Å²) < 4.78 is 15.2. The van der Waals surface area contributed by atoms with Crippen molar-refractivity contribution >= 4 is 23.3 Å². The number of carbonyl (C=O) groups excluding carboxylic acids is 1. The van der Waals surface area contributed by atoms with Gasteiger partial charge in [0.2, 0.25) is 5.91 Å². The van der Waals surface area contributed by atoms with E-state index in [1.165, 1.54) is 7.05 Å². The van der Waals surface area contributed by atoms with Crippen LogP contribution in [0.3, 0.4) is 0 Å². The molecule has 2 unspecified atom stereocenters. The Bertz CT molecular complexity index is 664. The highest BCUT2D eigenvalue weighted by molar-refractivity contribution is 6.22. The summed E-state index contributed by atoms with van der Waals surface area (Å²) in [5.74, 6) is -0.961. The third-order valence-corrected chi connectivity index (χ3v) is 4.11. The topological polar surface area (TPSA) is 44.5 Å². The molecule has 0 fully saturated rings. The number of hydrazone groups is 1. The first-order chi connectivity index (χ1) is 10.8. The van der Waals surface area contributed by atoms with Crippen molar-refractivity contribution in [1.29, 1.82) is 0 Å². The van der Waals surface area contributed by atoms with Crippen LogP contribution in [0.15, 0.2) is 29.4 Å². The van der Waals surface area contributed by atoms with Crippen molar-refractivity contribution in [2.75, 3.05) is 12.4 Å². The molecule has 0 spiro atoms. The quantitative estimate of drug-likeness (QED) is 0.825. The Labute approximate surface area is 137 Å². The van der Waals surface area contributed by atoms with Crippen LogP contribution in [0.4, 0.5) is 10.1 Å². The first kappa shape index (κ1) is 17.3. The minimum atomic E-state index is -0.937. The number of nitrogens with zero attached hydrogens (tertiary/aromatic N) is 2. The van der Waals surface area contributed by atoms with Crippen LogP contribution in [0.1, 0.15) is 45.6 Å². The lowest BCUT2D eigenvalue weighted by Gasteiger charge is -2.19. The highest BCUT2D eigenvalue weighted by atomic mass is 19.1. The molecule has 0 aliphatic carbocycles. The van der Waals surface area contributed by atoms with Gasteiger partial charge in [0, 0.05) is 5.69 Å². The fourth-order valence-corrected chi connectivity index (χ4v) is 3.08. The van der Waals surface area contributed by atoms with Gasteiger partial charge < -0.3 is 5.32 Å². The van der Waals surface area contributed by atoms with Gasteiger partial charge in [-0.1, -0.05) is 43.7 Å². The maximum absolute atomic E-state index is 14.1. The fraction of sp³-hybridized carbons (Fsp3) is 0.500. The van der Waals surface area contributed by atoms with Gasteiger partial charge in [-0.3, -0.25) is 4.79 Å². The smallest absolute Gasteiger partial charge is 0.325 e. The van der Waals surface area contributed by atoms with Gasteiger partial charge in [-0.2, -0.15) is 0 Å². The Hall–Kier alpha value is -2.04. The second-order valence-electron chi connectivity index (χ2n) is 6.63. The van der Waals surface area contributed by atoms with Crippen molar-refractivity contribution in [2.45, 2.75) is 40.0 Å². The summed E-state index contributed by atoms with van der Waals surface area (Å²) in [4.78, 5) is 12.5. The Morgan fingerprint density at radius 2 is 2.00 bits per heavy atom. The Morgan fingerprint density at radius 3 is 2.57 bits per heavy atom. The molecule has 1 heterocycles. The third-order valence-electron chi connectivity index (χ3n) is 4.11. The van der Waals surface area contributed by atoms with Crippen LogP contribution < -0.4 is 5.32 Å². The number of anilines is 1. The van der Waals surface area contributed by atoms with Gasteiger partial charge in [0.15, 0.2) is 13.0 Å². The van der Waals surface area contributed by atoms with Gasteiger partial charge in [-0.05, 0) is 41.9 Å². The minimum absolute atomic E-state index is 0.321. The Morgan fingerprint density at radius 1 is 1.35 bits per heavy atom. The van der Waals surface area contributed by atoms with Gasteiger partial charge in [0.25, 0.3) is 0 Å². The predicted molar refractivity (Wildman–Crippen MR) is 91.8 cm³/mol. The van der Waals surface area contributed by atoms with Crippen LogP contribution in [-0.4, -0.2) is 29.3 Å². The van der Waals surface area contributed by atoms with Crippen molar-refractivity contribution in [1.82, 2.24) is 0 Å². The zero-order chi connectivity index (χ0) is 17.1. The maximum Gasteiger partial charge on any atom is 0.377 e. The molecule has 1 amide bonds. The van der Waals surface area contributed by atoms with Crippen molar-refractivity contribution in [3.63, 3.8) is 0 Å². The second kappa shape index (κ2) is 7.02. The van der Waals surface area contributed by atoms with E-state index in [1.807, 2.05) is 24.3 Å². The van der Waals surface area contributed by atoms with Crippen molar-refractivity contribution in [3.05, 3.63) is 29.8 Å². The van der Waals surface area contributed by atoms with Gasteiger partial charge in [0.1, 0.15) is 5.71 Å². The summed E-state index contributed by atoms with van der Waals surface area (Å²) in [6.45, 7) is 8.17. The van der Waals surface area contributed by atoms with Gasteiger partial charge in [-0.25, -0.2) is 0 Å². The van der Waals surface area contributed by atoms with Gasteiger partial charge in [0.05, 0.1) is 0 Å². The molecule has 4 nitrogen and oxygen atoms in total. The van der Waals surface area contributed by atoms with Crippen molar-refractivity contribution in [2.24, 2.45) is 16.9 Å². The lowest BCUT2D eigenvalue weighted by atomic mass is 9.90. The highest BCUT2D eigenvalue weighted by Gasteiger charge is 2.40. The second-order valence-corrected chi connectivity index (χ2v) is 6.63. The van der Waals surface area contributed by atoms with E-state index in [0.717, 1.165) is 22.4 Å². The normalized spacial score (nSPS) is 19.1. The number of carbonyl (C=O) groups is 1. The first-order valence-corrected chi connectivity index (χ1v) is 8.02. The number of amides is 1. The van der Waals surface area contributed by atoms with Gasteiger partial charge >= 0.3 is 5.97 Å². The molecule has 0 saturated heterocycles. The molecule has 0 bridgehead atoms. The van der Waals surface area contributed by atoms with E-state index in [2.05, 4.69) is 31.2 Å². The molecule has 23 heavy (non-hydrogen) atoms. The van der Waals surface area contributed by atoms with Crippen LogP contribution in [0.25, 0.3) is 0 Å². The molecule has 124 valence electrons. The molecular weight excluding hydrogens is 293 g/mol. The summed E-state index contributed by atoms with van der Waals surface area (Å²) in [7, 11) is 1.50. The molecule has 1 aliphatic heterocycles. The lowest BCUT2D eigenvalue weighted by molar-refractivity contribution is -0.505. The molecule has 0 saturated carbocycles. The van der Waals surface area contributed by atoms with E-state index in [1.54, 1.807) is 6.92 Å². The standard InChI is InChI=1S/C18H24FN3O/c1-11(2)10-12(3)14-8-6-7-9-15(14)20-18(23)16-13(4)21-22(5)17(16)19/h6-9,11-12,16H,10H2,1-5H3/p+1. The van der Waals surface area contributed by atoms with Crippen molar-refractivity contribution in [3.8, 4) is 0 Å². The van der Waals surface area contributed by atoms with Gasteiger partial charge in [-0.15, -0.1) is 4.39 Å². The lowest BCUT2D eigenvalue weighted by Crippen LogP contribution is -2.32. The number of nitrogens with one attached hydrogen (secondary N) is 1. The first-order valence-electron chi connectivity index (χ1n) is 8.02. The number of halogens is 1. The molecule has 1 aromatic carbocycles. The molecule has 1 N–H and O–H groups in total. The van der Waals surface area contributed by atoms with E-state index < -0.39 is 11.9 Å². The summed E-state index contributed by atoms with van der Waals surface area (Å²) in [5, 5.41) is 6.87. The zero-order valence-electron chi connectivity index (χ0n) is 14.4. The van der Waals surface area contributed by atoms with Crippen LogP contribution >= 0.6 is 0 Å². The summed E-state index contributed by atoms with van der Waals surface area (Å²) >= 11 is 0. The summed E-state index contributed by atoms with van der Waals surface area (Å²) in [6.07, 6.45) is 1.03. The monoisotopic (exact) mass is 318 g/mol. The highest BCUT2D eigenvalue weighted by Crippen LogP contribution is 2.29. The zero-order valence-corrected chi connectivity index (χ0v) is 14.4. The molecule has 5 heteroatoms. The number of hydrogen-bond acceptors (Lipinski definition) is 2. The summed E-state index contributed by atoms with van der Waals surface area (Å²) in [5.41, 5.74) is 2.30. The molecule has 2 atom stereocenters.